The van der Waals surface area contributed by atoms with Crippen LogP contribution in [0.1, 0.15) is 59.6 Å². The molecule has 1 saturated heterocycles. The highest BCUT2D eigenvalue weighted by Crippen LogP contribution is 2.67. The number of nitrogens with zero attached hydrogens (tertiary/aromatic N) is 2. The Kier molecular flexibility index (Phi) is 7.17. The molecule has 1 amide bonds. The number of rotatable bonds is 5. The van der Waals surface area contributed by atoms with Gasteiger partial charge in [-0.1, -0.05) is 48.4 Å². The minimum absolute atomic E-state index is 0.0560. The second kappa shape index (κ2) is 11.0. The molecule has 0 radical (unpaired) electrons. The SMILES string of the molecule is CC(=O)O[C@@]12CC[C@H](N(C)C(=O)C#Cc3ccc(C)c(C)c3)[C@@H]3Oc4c(O)ccc5c4[C@@]31CCN(CCc1ccccc1)[C@@H]2C5. The number of aryl methyl sites for hydroxylation is 2. The molecule has 2 heterocycles. The molecule has 2 bridgehead atoms. The largest absolute Gasteiger partial charge is 0.504 e. The zero-order valence-electron chi connectivity index (χ0n) is 26.4. The van der Waals surface area contributed by atoms with Crippen LogP contribution in [0, 0.1) is 25.7 Å². The van der Waals surface area contributed by atoms with Crippen LogP contribution in [0.5, 0.6) is 11.5 Å². The number of amides is 1. The highest BCUT2D eigenvalue weighted by Gasteiger charge is 2.75. The van der Waals surface area contributed by atoms with Crippen molar-refractivity contribution in [2.24, 2.45) is 0 Å². The minimum Gasteiger partial charge on any atom is -0.504 e. The summed E-state index contributed by atoms with van der Waals surface area (Å²) in [5, 5.41) is 11.1. The number of ether oxygens (including phenoxy) is 2. The molecule has 2 aliphatic heterocycles. The number of phenolic OH excluding ortho intramolecular Hbond substituents is 1. The lowest BCUT2D eigenvalue weighted by atomic mass is 9.48. The Labute approximate surface area is 265 Å². The summed E-state index contributed by atoms with van der Waals surface area (Å²) in [4.78, 5) is 30.8. The predicted octanol–water partition coefficient (Wildman–Crippen LogP) is 4.86. The first-order valence-corrected chi connectivity index (χ1v) is 16.0. The number of carbonyl (C=O) groups excluding carboxylic acids is 2. The average Bonchev–Trinajstić information content (AvgIpc) is 3.38. The number of carbonyl (C=O) groups is 2. The summed E-state index contributed by atoms with van der Waals surface area (Å²) in [7, 11) is 1.79. The van der Waals surface area contributed by atoms with E-state index in [1.165, 1.54) is 18.1 Å². The number of esters is 1. The molecule has 1 N–H and O–H groups in total. The second-order valence-corrected chi connectivity index (χ2v) is 13.3. The number of phenols is 1. The summed E-state index contributed by atoms with van der Waals surface area (Å²) in [6, 6.07) is 19.8. The van der Waals surface area contributed by atoms with E-state index in [0.717, 1.165) is 41.8 Å². The Morgan fingerprint density at radius 1 is 1.09 bits per heavy atom. The normalized spacial score (nSPS) is 27.4. The van der Waals surface area contributed by atoms with Crippen LogP contribution >= 0.6 is 0 Å². The number of aromatic hydroxyl groups is 1. The average molecular weight is 605 g/mol. The van der Waals surface area contributed by atoms with Gasteiger partial charge >= 0.3 is 5.97 Å². The summed E-state index contributed by atoms with van der Waals surface area (Å²) in [6.07, 6.45) is 2.95. The number of benzene rings is 3. The lowest BCUT2D eigenvalue weighted by molar-refractivity contribution is -0.223. The van der Waals surface area contributed by atoms with Crippen molar-refractivity contribution in [1.82, 2.24) is 9.80 Å². The summed E-state index contributed by atoms with van der Waals surface area (Å²) in [5.74, 6) is 5.88. The van der Waals surface area contributed by atoms with Gasteiger partial charge in [0.2, 0.25) is 0 Å². The molecule has 45 heavy (non-hydrogen) atoms. The number of piperidine rings is 1. The first kappa shape index (κ1) is 29.4. The quantitative estimate of drug-likeness (QED) is 0.331. The van der Waals surface area contributed by atoms with Crippen LogP contribution in [0.2, 0.25) is 0 Å². The third-order valence-corrected chi connectivity index (χ3v) is 11.0. The van der Waals surface area contributed by atoms with E-state index in [-0.39, 0.29) is 29.7 Å². The van der Waals surface area contributed by atoms with Crippen molar-refractivity contribution in [3.63, 3.8) is 0 Å². The van der Waals surface area contributed by atoms with Gasteiger partial charge in [-0.05, 0) is 92.9 Å². The van der Waals surface area contributed by atoms with Gasteiger partial charge in [0.1, 0.15) is 11.7 Å². The topological polar surface area (TPSA) is 79.3 Å². The molecule has 4 aliphatic rings. The third kappa shape index (κ3) is 4.53. The van der Waals surface area contributed by atoms with E-state index in [4.69, 9.17) is 9.47 Å². The molecular weight excluding hydrogens is 564 g/mol. The number of hydrogen-bond donors (Lipinski definition) is 1. The smallest absolute Gasteiger partial charge is 0.303 e. The van der Waals surface area contributed by atoms with Crippen LogP contribution in [0.25, 0.3) is 0 Å². The monoisotopic (exact) mass is 604 g/mol. The Hall–Kier alpha value is -4.28. The van der Waals surface area contributed by atoms with Crippen LogP contribution in [0.3, 0.4) is 0 Å². The van der Waals surface area contributed by atoms with E-state index in [9.17, 15) is 14.7 Å². The molecule has 5 atom stereocenters. The first-order valence-electron chi connectivity index (χ1n) is 16.0. The van der Waals surface area contributed by atoms with Gasteiger partial charge in [0.05, 0.1) is 17.5 Å². The molecule has 7 rings (SSSR count). The van der Waals surface area contributed by atoms with E-state index >= 15 is 0 Å². The first-order chi connectivity index (χ1) is 21.6. The molecule has 2 aliphatic carbocycles. The lowest BCUT2D eigenvalue weighted by Gasteiger charge is -2.65. The molecule has 1 spiro atoms. The van der Waals surface area contributed by atoms with Gasteiger partial charge in [0.15, 0.2) is 11.5 Å². The second-order valence-electron chi connectivity index (χ2n) is 13.3. The fourth-order valence-electron chi connectivity index (χ4n) is 8.80. The van der Waals surface area contributed by atoms with Gasteiger partial charge in [-0.25, -0.2) is 0 Å². The van der Waals surface area contributed by atoms with Gasteiger partial charge in [0, 0.05) is 37.6 Å². The van der Waals surface area contributed by atoms with Crippen LogP contribution in [0.15, 0.2) is 60.7 Å². The van der Waals surface area contributed by atoms with Crippen molar-refractivity contribution in [2.75, 3.05) is 20.1 Å². The van der Waals surface area contributed by atoms with Gasteiger partial charge < -0.3 is 19.5 Å². The van der Waals surface area contributed by atoms with Crippen LogP contribution in [-0.2, 0) is 32.6 Å². The minimum atomic E-state index is -0.851. The molecule has 3 aromatic rings. The number of likely N-dealkylation sites (tertiary alicyclic amines) is 1. The van der Waals surface area contributed by atoms with Gasteiger partial charge in [-0.15, -0.1) is 0 Å². The molecule has 7 heteroatoms. The van der Waals surface area contributed by atoms with Crippen molar-refractivity contribution in [1.29, 1.82) is 0 Å². The van der Waals surface area contributed by atoms with E-state index < -0.39 is 17.1 Å². The zero-order chi connectivity index (χ0) is 31.5. The number of likely N-dealkylation sites (N-methyl/N-ethyl adjacent to an activating group) is 1. The molecule has 0 aromatic heterocycles. The Morgan fingerprint density at radius 2 is 1.89 bits per heavy atom. The summed E-state index contributed by atoms with van der Waals surface area (Å²) >= 11 is 0. The zero-order valence-corrected chi connectivity index (χ0v) is 26.4. The van der Waals surface area contributed by atoms with Crippen LogP contribution in [-0.4, -0.2) is 70.7 Å². The van der Waals surface area contributed by atoms with Gasteiger partial charge in [-0.2, -0.15) is 0 Å². The summed E-state index contributed by atoms with van der Waals surface area (Å²) in [5.41, 5.74) is 4.91. The maximum atomic E-state index is 13.6. The molecule has 3 aromatic carbocycles. The highest BCUT2D eigenvalue weighted by atomic mass is 16.6. The van der Waals surface area contributed by atoms with Crippen LogP contribution < -0.4 is 4.74 Å². The van der Waals surface area contributed by atoms with Crippen molar-refractivity contribution in [3.05, 3.63) is 94.0 Å². The van der Waals surface area contributed by atoms with E-state index in [0.29, 0.717) is 31.4 Å². The predicted molar refractivity (Wildman–Crippen MR) is 171 cm³/mol. The van der Waals surface area contributed by atoms with Crippen molar-refractivity contribution < 1.29 is 24.2 Å². The summed E-state index contributed by atoms with van der Waals surface area (Å²) in [6.45, 7) is 7.22. The molecule has 7 nitrogen and oxygen atoms in total. The van der Waals surface area contributed by atoms with E-state index in [1.54, 1.807) is 18.0 Å². The molecule has 232 valence electrons. The maximum Gasteiger partial charge on any atom is 0.303 e. The molecule has 1 saturated carbocycles. The van der Waals surface area contributed by atoms with E-state index in [1.807, 2.05) is 37.3 Å². The van der Waals surface area contributed by atoms with Crippen LogP contribution in [0.4, 0.5) is 0 Å². The fraction of sp³-hybridized carbons (Fsp3) is 0.421. The third-order valence-electron chi connectivity index (χ3n) is 11.0. The fourth-order valence-corrected chi connectivity index (χ4v) is 8.80. The lowest BCUT2D eigenvalue weighted by Crippen LogP contribution is -2.79. The van der Waals surface area contributed by atoms with Gasteiger partial charge in [-0.3, -0.25) is 14.5 Å². The Bertz CT molecular complexity index is 1740. The standard InChI is InChI=1S/C38H40N2O5/c1-24-10-11-28(22-25(24)2)12-15-33(43)39(4)30-16-18-38(45-26(3)41)32-23-29-13-14-31(42)35-34(29)37(38,36(30)44-35)19-21-40(32)20-17-27-8-6-5-7-9-27/h5-11,13-14,22,30,32,36,42H,16-21,23H2,1-4H3/t30-,32+,36-,37-,38+/m0/s1. The Balaban J connectivity index is 1.27. The van der Waals surface area contributed by atoms with Gasteiger partial charge in [0.25, 0.3) is 5.91 Å². The maximum absolute atomic E-state index is 13.6. The van der Waals surface area contributed by atoms with Crippen molar-refractivity contribution >= 4 is 11.9 Å². The molecule has 0 unspecified atom stereocenters. The van der Waals surface area contributed by atoms with Crippen molar-refractivity contribution in [3.8, 4) is 23.3 Å². The highest BCUT2D eigenvalue weighted by molar-refractivity contribution is 5.94. The molecular formula is C38H40N2O5. The summed E-state index contributed by atoms with van der Waals surface area (Å²) < 4.78 is 13.3. The van der Waals surface area contributed by atoms with Crippen molar-refractivity contribution in [2.45, 2.75) is 82.1 Å². The van der Waals surface area contributed by atoms with E-state index in [2.05, 4.69) is 47.9 Å². The molecule has 2 fully saturated rings. The number of hydrogen-bond acceptors (Lipinski definition) is 6. The Morgan fingerprint density at radius 3 is 2.64 bits per heavy atom.